The molecule has 3 atom stereocenters. The van der Waals surface area contributed by atoms with Crippen LogP contribution in [0.15, 0.2) is 40.8 Å². The average molecular weight is 275 g/mol. The van der Waals surface area contributed by atoms with Crippen LogP contribution in [0.4, 0.5) is 0 Å². The summed E-state index contributed by atoms with van der Waals surface area (Å²) < 4.78 is 5.40. The van der Waals surface area contributed by atoms with E-state index in [1.54, 1.807) is 7.11 Å². The summed E-state index contributed by atoms with van der Waals surface area (Å²) in [5, 5.41) is 3.58. The minimum Gasteiger partial charge on any atom is -0.497 e. The molecule has 0 spiro atoms. The van der Waals surface area contributed by atoms with E-state index in [2.05, 4.69) is 36.5 Å². The Labute approximate surface area is 121 Å². The lowest BCUT2D eigenvalue weighted by Crippen LogP contribution is -2.37. The minimum atomic E-state index is 0.152. The quantitative estimate of drug-likeness (QED) is 0.781. The lowest BCUT2D eigenvalue weighted by Gasteiger charge is -2.31. The number of hydrogen-bond donors (Lipinski definition) is 2. The Morgan fingerprint density at radius 3 is 3.00 bits per heavy atom. The van der Waals surface area contributed by atoms with Crippen LogP contribution in [-0.2, 0) is 4.74 Å². The van der Waals surface area contributed by atoms with Crippen molar-refractivity contribution in [1.82, 2.24) is 5.32 Å². The number of nitrogens with zero attached hydrogens (tertiary/aromatic N) is 1. The van der Waals surface area contributed by atoms with E-state index >= 15 is 0 Å². The van der Waals surface area contributed by atoms with Crippen molar-refractivity contribution in [3.8, 4) is 0 Å². The highest BCUT2D eigenvalue weighted by Crippen LogP contribution is 2.29. The van der Waals surface area contributed by atoms with Crippen molar-refractivity contribution in [3.05, 3.63) is 35.8 Å². The number of methoxy groups -OCH3 is 1. The third-order valence-corrected chi connectivity index (χ3v) is 3.73. The molecule has 1 heterocycles. The zero-order valence-electron chi connectivity index (χ0n) is 12.6. The van der Waals surface area contributed by atoms with Crippen LogP contribution >= 0.6 is 0 Å². The van der Waals surface area contributed by atoms with Crippen LogP contribution < -0.4 is 11.1 Å². The van der Waals surface area contributed by atoms with Crippen LogP contribution in [0.5, 0.6) is 0 Å². The third kappa shape index (κ3) is 3.51. The highest BCUT2D eigenvalue weighted by Gasteiger charge is 2.28. The summed E-state index contributed by atoms with van der Waals surface area (Å²) in [5.74, 6) is 1.18. The van der Waals surface area contributed by atoms with Gasteiger partial charge in [0.05, 0.1) is 13.2 Å². The van der Waals surface area contributed by atoms with Gasteiger partial charge >= 0.3 is 0 Å². The van der Waals surface area contributed by atoms with Crippen molar-refractivity contribution in [2.45, 2.75) is 38.8 Å². The molecule has 2 rings (SSSR count). The number of dihydropyridines is 1. The fourth-order valence-electron chi connectivity index (χ4n) is 2.64. The summed E-state index contributed by atoms with van der Waals surface area (Å²) in [5.41, 5.74) is 7.79. The van der Waals surface area contributed by atoms with E-state index in [4.69, 9.17) is 15.5 Å². The maximum atomic E-state index is 5.58. The van der Waals surface area contributed by atoms with Gasteiger partial charge in [0, 0.05) is 29.4 Å². The van der Waals surface area contributed by atoms with E-state index in [9.17, 15) is 0 Å². The first-order valence-electron chi connectivity index (χ1n) is 7.30. The molecule has 4 nitrogen and oxygen atoms in total. The van der Waals surface area contributed by atoms with Crippen molar-refractivity contribution in [3.63, 3.8) is 0 Å². The van der Waals surface area contributed by atoms with E-state index in [1.165, 1.54) is 0 Å². The van der Waals surface area contributed by atoms with Crippen LogP contribution in [0.25, 0.3) is 0 Å². The highest BCUT2D eigenvalue weighted by molar-refractivity contribution is 5.94. The Balaban J connectivity index is 2.13. The number of nitrogens with one attached hydrogen (secondary N) is 1. The smallest absolute Gasteiger partial charge is 0.117 e. The Bertz CT molecular complexity index is 462. The van der Waals surface area contributed by atoms with Crippen molar-refractivity contribution in [1.29, 1.82) is 0 Å². The van der Waals surface area contributed by atoms with Crippen molar-refractivity contribution < 1.29 is 4.74 Å². The molecule has 0 radical (unpaired) electrons. The van der Waals surface area contributed by atoms with E-state index in [0.29, 0.717) is 6.04 Å². The van der Waals surface area contributed by atoms with Gasteiger partial charge in [-0.05, 0) is 45.4 Å². The predicted molar refractivity (Wildman–Crippen MR) is 83.6 cm³/mol. The van der Waals surface area contributed by atoms with Gasteiger partial charge in [0.2, 0.25) is 0 Å². The molecule has 0 amide bonds. The number of nitrogens with two attached hydrogens (primary N) is 1. The van der Waals surface area contributed by atoms with Crippen LogP contribution in [-0.4, -0.2) is 31.4 Å². The first-order valence-corrected chi connectivity index (χ1v) is 7.30. The zero-order valence-corrected chi connectivity index (χ0v) is 12.6. The molecule has 1 aliphatic carbocycles. The topological polar surface area (TPSA) is 59.6 Å². The predicted octanol–water partition coefficient (Wildman–Crippen LogP) is 2.15. The molecule has 1 aliphatic heterocycles. The number of aliphatic imine (C=N–C) groups is 1. The second-order valence-electron chi connectivity index (χ2n) is 5.50. The van der Waals surface area contributed by atoms with Crippen LogP contribution in [0.1, 0.15) is 26.7 Å². The van der Waals surface area contributed by atoms with Gasteiger partial charge in [0.15, 0.2) is 0 Å². The lowest BCUT2D eigenvalue weighted by atomic mass is 9.88. The van der Waals surface area contributed by atoms with Crippen LogP contribution in [0.2, 0.25) is 0 Å². The molecular formula is C16H25N3O. The van der Waals surface area contributed by atoms with Gasteiger partial charge in [-0.25, -0.2) is 0 Å². The first-order chi connectivity index (χ1) is 9.63. The molecule has 3 unspecified atom stereocenters. The molecule has 0 saturated carbocycles. The van der Waals surface area contributed by atoms with Gasteiger partial charge in [-0.15, -0.1) is 0 Å². The van der Waals surface area contributed by atoms with E-state index in [1.807, 2.05) is 6.92 Å². The molecule has 0 aromatic carbocycles. The summed E-state index contributed by atoms with van der Waals surface area (Å²) in [6, 6.07) is 0.544. The normalized spacial score (nSPS) is 26.1. The van der Waals surface area contributed by atoms with Gasteiger partial charge in [0.25, 0.3) is 0 Å². The summed E-state index contributed by atoms with van der Waals surface area (Å²) >= 11 is 0. The summed E-state index contributed by atoms with van der Waals surface area (Å²) in [4.78, 5) is 4.76. The fraction of sp³-hybridized carbons (Fsp3) is 0.562. The molecule has 110 valence electrons. The Kier molecular flexibility index (Phi) is 5.01. The zero-order chi connectivity index (χ0) is 14.5. The molecule has 3 N–H and O–H groups in total. The molecule has 4 heteroatoms. The number of rotatable bonds is 6. The third-order valence-electron chi connectivity index (χ3n) is 3.73. The molecule has 0 bridgehead atoms. The van der Waals surface area contributed by atoms with Gasteiger partial charge < -0.3 is 15.8 Å². The Hall–Kier alpha value is -1.55. The van der Waals surface area contributed by atoms with Gasteiger partial charge in [-0.2, -0.15) is 0 Å². The van der Waals surface area contributed by atoms with Crippen LogP contribution in [0.3, 0.4) is 0 Å². The molecule has 0 aromatic rings. The van der Waals surface area contributed by atoms with Crippen molar-refractivity contribution in [2.24, 2.45) is 16.6 Å². The van der Waals surface area contributed by atoms with Gasteiger partial charge in [-0.1, -0.05) is 6.08 Å². The second kappa shape index (κ2) is 6.75. The van der Waals surface area contributed by atoms with E-state index in [-0.39, 0.29) is 12.0 Å². The second-order valence-corrected chi connectivity index (χ2v) is 5.50. The molecule has 0 fully saturated rings. The number of allylic oxidation sites excluding steroid dienone is 2. The maximum absolute atomic E-state index is 5.58. The SMILES string of the molecule is COC1=CC2C=CC(C)=NC2C(NC(C)CCCN)=C1. The van der Waals surface area contributed by atoms with Crippen LogP contribution in [0, 0.1) is 5.92 Å². The molecular weight excluding hydrogens is 250 g/mol. The first kappa shape index (κ1) is 14.9. The number of ether oxygens (including phenoxy) is 1. The molecule has 20 heavy (non-hydrogen) atoms. The average Bonchev–Trinajstić information content (AvgIpc) is 2.45. The largest absolute Gasteiger partial charge is 0.497 e. The molecule has 2 aliphatic rings. The molecule has 0 saturated heterocycles. The van der Waals surface area contributed by atoms with E-state index in [0.717, 1.165) is 36.6 Å². The Morgan fingerprint density at radius 2 is 2.30 bits per heavy atom. The number of hydrogen-bond acceptors (Lipinski definition) is 4. The maximum Gasteiger partial charge on any atom is 0.117 e. The summed E-state index contributed by atoms with van der Waals surface area (Å²) in [6.07, 6.45) is 10.6. The van der Waals surface area contributed by atoms with Gasteiger partial charge in [0.1, 0.15) is 5.76 Å². The van der Waals surface area contributed by atoms with Gasteiger partial charge in [-0.3, -0.25) is 4.99 Å². The fourth-order valence-corrected chi connectivity index (χ4v) is 2.64. The summed E-state index contributed by atoms with van der Waals surface area (Å²) in [6.45, 7) is 4.96. The minimum absolute atomic E-state index is 0.152. The van der Waals surface area contributed by atoms with Crippen molar-refractivity contribution in [2.75, 3.05) is 13.7 Å². The van der Waals surface area contributed by atoms with E-state index < -0.39 is 0 Å². The van der Waals surface area contributed by atoms with Crippen molar-refractivity contribution >= 4 is 5.71 Å². The number of fused-ring (bicyclic) bond motifs is 1. The molecule has 0 aromatic heterocycles. The highest BCUT2D eigenvalue weighted by atomic mass is 16.5. The monoisotopic (exact) mass is 275 g/mol. The summed E-state index contributed by atoms with van der Waals surface area (Å²) in [7, 11) is 1.71. The Morgan fingerprint density at radius 1 is 1.50 bits per heavy atom. The lowest BCUT2D eigenvalue weighted by molar-refractivity contribution is 0.297. The standard InChI is InChI=1S/C16H25N3O/c1-11(5-4-8-17)18-15-10-14(20-3)9-13-7-6-12(2)19-16(13)15/h6-7,9-11,13,16,18H,4-5,8,17H2,1-3H3.